The van der Waals surface area contributed by atoms with Gasteiger partial charge in [-0.3, -0.25) is 4.98 Å². The first-order valence-electron chi connectivity index (χ1n) is 13.5. The van der Waals surface area contributed by atoms with Gasteiger partial charge in [0.2, 0.25) is 0 Å². The van der Waals surface area contributed by atoms with Crippen LogP contribution in [0.3, 0.4) is 0 Å². The van der Waals surface area contributed by atoms with Gasteiger partial charge in [0.05, 0.1) is 12.3 Å². The molecular weight excluding hydrogens is 390 g/mol. The molecule has 0 amide bonds. The van der Waals surface area contributed by atoms with Crippen molar-refractivity contribution in [3.8, 4) is 17.0 Å². The number of aryl methyl sites for hydroxylation is 1. The molecule has 2 unspecified atom stereocenters. The van der Waals surface area contributed by atoms with E-state index < -0.39 is 0 Å². The van der Waals surface area contributed by atoms with Crippen molar-refractivity contribution >= 4 is 0 Å². The van der Waals surface area contributed by atoms with Gasteiger partial charge in [-0.05, 0) is 73.4 Å². The molecule has 0 radical (unpaired) electrons. The largest absolute Gasteiger partial charge is 0.494 e. The van der Waals surface area contributed by atoms with Crippen molar-refractivity contribution in [2.24, 2.45) is 11.8 Å². The van der Waals surface area contributed by atoms with Gasteiger partial charge >= 0.3 is 0 Å². The molecule has 0 aliphatic heterocycles. The van der Waals surface area contributed by atoms with E-state index in [4.69, 9.17) is 9.72 Å². The Morgan fingerprint density at radius 2 is 1.53 bits per heavy atom. The van der Waals surface area contributed by atoms with Crippen molar-refractivity contribution < 1.29 is 4.74 Å². The first kappa shape index (κ1) is 24.8. The maximum Gasteiger partial charge on any atom is 0.119 e. The summed E-state index contributed by atoms with van der Waals surface area (Å²) in [5, 5.41) is 0. The molecule has 1 saturated carbocycles. The van der Waals surface area contributed by atoms with E-state index in [1.54, 1.807) is 0 Å². The average molecular weight is 436 g/mol. The van der Waals surface area contributed by atoms with Crippen LogP contribution >= 0.6 is 0 Å². The number of benzene rings is 1. The lowest BCUT2D eigenvalue weighted by Crippen LogP contribution is -2.20. The second-order valence-electron chi connectivity index (χ2n) is 9.82. The Morgan fingerprint density at radius 3 is 2.22 bits per heavy atom. The highest BCUT2D eigenvalue weighted by molar-refractivity contribution is 5.60. The van der Waals surface area contributed by atoms with E-state index in [1.165, 1.54) is 89.0 Å². The van der Waals surface area contributed by atoms with Gasteiger partial charge < -0.3 is 4.74 Å². The molecule has 2 aromatic rings. The molecule has 1 heterocycles. The quantitative estimate of drug-likeness (QED) is 0.276. The Balaban J connectivity index is 1.39. The Bertz CT molecular complexity index is 734. The number of hydrogen-bond donors (Lipinski definition) is 0. The minimum atomic E-state index is 0.833. The van der Waals surface area contributed by atoms with Crippen LogP contribution in [0.1, 0.15) is 103 Å². The smallest absolute Gasteiger partial charge is 0.119 e. The fourth-order valence-electron chi connectivity index (χ4n) is 5.35. The van der Waals surface area contributed by atoms with E-state index in [1.807, 2.05) is 0 Å². The highest BCUT2D eigenvalue weighted by atomic mass is 16.5. The maximum atomic E-state index is 6.05. The van der Waals surface area contributed by atoms with Gasteiger partial charge in [0.1, 0.15) is 5.75 Å². The van der Waals surface area contributed by atoms with E-state index in [9.17, 15) is 0 Å². The fraction of sp³-hybridized carbons (Fsp3) is 0.633. The van der Waals surface area contributed by atoms with Crippen LogP contribution < -0.4 is 4.74 Å². The molecule has 2 atom stereocenters. The lowest BCUT2D eigenvalue weighted by molar-refractivity contribution is 0.193. The molecule has 0 bridgehead atoms. The van der Waals surface area contributed by atoms with E-state index >= 15 is 0 Å². The van der Waals surface area contributed by atoms with Crippen molar-refractivity contribution in [1.29, 1.82) is 0 Å². The minimum Gasteiger partial charge on any atom is -0.494 e. The lowest BCUT2D eigenvalue weighted by atomic mass is 9.75. The van der Waals surface area contributed by atoms with Crippen LogP contribution in [0.15, 0.2) is 42.6 Å². The molecule has 1 aromatic carbocycles. The van der Waals surface area contributed by atoms with E-state index in [-0.39, 0.29) is 0 Å². The fourth-order valence-corrected chi connectivity index (χ4v) is 5.35. The molecular formula is C30H45NO. The summed E-state index contributed by atoms with van der Waals surface area (Å²) in [4.78, 5) is 4.70. The van der Waals surface area contributed by atoms with Gasteiger partial charge in [-0.15, -0.1) is 0 Å². The zero-order valence-corrected chi connectivity index (χ0v) is 20.7. The van der Waals surface area contributed by atoms with E-state index in [0.29, 0.717) is 0 Å². The SMILES string of the molecule is CCCCCCCc1ccc(-c2ccc(OCCCC3CCCCC3CCC)cc2)nc1. The molecule has 1 aromatic heterocycles. The second kappa shape index (κ2) is 14.3. The van der Waals surface area contributed by atoms with Gasteiger partial charge in [0.25, 0.3) is 0 Å². The summed E-state index contributed by atoms with van der Waals surface area (Å²) in [6.07, 6.45) is 20.8. The molecule has 3 rings (SSSR count). The summed E-state index contributed by atoms with van der Waals surface area (Å²) in [7, 11) is 0. The minimum absolute atomic E-state index is 0.833. The predicted molar refractivity (Wildman–Crippen MR) is 137 cm³/mol. The van der Waals surface area contributed by atoms with Crippen LogP contribution in [0, 0.1) is 11.8 Å². The molecule has 0 N–H and O–H groups in total. The average Bonchev–Trinajstić information content (AvgIpc) is 2.84. The molecule has 1 fully saturated rings. The first-order chi connectivity index (χ1) is 15.8. The third-order valence-electron chi connectivity index (χ3n) is 7.26. The van der Waals surface area contributed by atoms with Crippen LogP contribution in [-0.2, 0) is 6.42 Å². The van der Waals surface area contributed by atoms with Gasteiger partial charge in [0, 0.05) is 11.8 Å². The van der Waals surface area contributed by atoms with Crippen LogP contribution in [0.5, 0.6) is 5.75 Å². The summed E-state index contributed by atoms with van der Waals surface area (Å²) in [5.41, 5.74) is 3.56. The highest BCUT2D eigenvalue weighted by Gasteiger charge is 2.23. The Kier molecular flexibility index (Phi) is 11.1. The van der Waals surface area contributed by atoms with Crippen LogP contribution in [0.2, 0.25) is 0 Å². The topological polar surface area (TPSA) is 22.1 Å². The molecule has 2 heteroatoms. The molecule has 176 valence electrons. The molecule has 2 nitrogen and oxygen atoms in total. The Hall–Kier alpha value is -1.83. The number of rotatable bonds is 14. The van der Waals surface area contributed by atoms with Crippen molar-refractivity contribution in [2.75, 3.05) is 6.61 Å². The Morgan fingerprint density at radius 1 is 0.781 bits per heavy atom. The third kappa shape index (κ3) is 8.26. The van der Waals surface area contributed by atoms with Gasteiger partial charge in [-0.25, -0.2) is 0 Å². The number of unbranched alkanes of at least 4 members (excludes halogenated alkanes) is 4. The summed E-state index contributed by atoms with van der Waals surface area (Å²) >= 11 is 0. The molecule has 1 aliphatic carbocycles. The first-order valence-corrected chi connectivity index (χ1v) is 13.5. The standard InChI is InChI=1S/C30H45NO/c1-3-5-6-7-8-13-25-17-22-30(31-24-25)28-18-20-29(21-19-28)32-23-11-16-27-15-10-9-14-26(27)12-4-2/h17-22,24,26-27H,3-16,23H2,1-2H3. The van der Waals surface area contributed by atoms with Crippen molar-refractivity contribution in [3.63, 3.8) is 0 Å². The monoisotopic (exact) mass is 435 g/mol. The number of aromatic nitrogens is 1. The molecule has 0 saturated heterocycles. The zero-order chi connectivity index (χ0) is 22.4. The summed E-state index contributed by atoms with van der Waals surface area (Å²) in [5.74, 6) is 2.87. The van der Waals surface area contributed by atoms with Crippen molar-refractivity contribution in [2.45, 2.75) is 104 Å². The third-order valence-corrected chi connectivity index (χ3v) is 7.26. The van der Waals surface area contributed by atoms with Gasteiger partial charge in [-0.2, -0.15) is 0 Å². The molecule has 1 aliphatic rings. The number of ether oxygens (including phenoxy) is 1. The lowest BCUT2D eigenvalue weighted by Gasteiger charge is -2.31. The predicted octanol–water partition coefficient (Wildman–Crippen LogP) is 9.03. The summed E-state index contributed by atoms with van der Waals surface area (Å²) in [6.45, 7) is 5.43. The van der Waals surface area contributed by atoms with E-state index in [2.05, 4.69) is 56.4 Å². The van der Waals surface area contributed by atoms with Gasteiger partial charge in [-0.1, -0.05) is 84.1 Å². The Labute approximate surface area is 197 Å². The zero-order valence-electron chi connectivity index (χ0n) is 20.7. The summed E-state index contributed by atoms with van der Waals surface area (Å²) < 4.78 is 6.05. The summed E-state index contributed by atoms with van der Waals surface area (Å²) in [6, 6.07) is 12.9. The maximum absolute atomic E-state index is 6.05. The van der Waals surface area contributed by atoms with Crippen LogP contribution in [0.4, 0.5) is 0 Å². The van der Waals surface area contributed by atoms with Crippen LogP contribution in [-0.4, -0.2) is 11.6 Å². The molecule has 0 spiro atoms. The van der Waals surface area contributed by atoms with E-state index in [0.717, 1.165) is 41.9 Å². The van der Waals surface area contributed by atoms with Crippen molar-refractivity contribution in [1.82, 2.24) is 4.98 Å². The van der Waals surface area contributed by atoms with Crippen molar-refractivity contribution in [3.05, 3.63) is 48.2 Å². The van der Waals surface area contributed by atoms with Gasteiger partial charge in [0.15, 0.2) is 0 Å². The number of pyridine rings is 1. The molecule has 32 heavy (non-hydrogen) atoms. The normalized spacial score (nSPS) is 18.6. The number of nitrogens with zero attached hydrogens (tertiary/aromatic N) is 1. The van der Waals surface area contributed by atoms with Crippen LogP contribution in [0.25, 0.3) is 11.3 Å². The highest BCUT2D eigenvalue weighted by Crippen LogP contribution is 2.36. The second-order valence-corrected chi connectivity index (χ2v) is 9.82. The number of hydrogen-bond acceptors (Lipinski definition) is 2.